The van der Waals surface area contributed by atoms with Gasteiger partial charge in [-0.2, -0.15) is 0 Å². The Hall–Kier alpha value is -1.10. The lowest BCUT2D eigenvalue weighted by atomic mass is 9.97. The Morgan fingerprint density at radius 2 is 2.19 bits per heavy atom. The van der Waals surface area contributed by atoms with Gasteiger partial charge >= 0.3 is 0 Å². The van der Waals surface area contributed by atoms with E-state index in [1.54, 1.807) is 12.1 Å². The number of hydrogen-bond acceptors (Lipinski definition) is 2. The highest BCUT2D eigenvalue weighted by Gasteiger charge is 2.17. The van der Waals surface area contributed by atoms with Crippen molar-refractivity contribution in [3.63, 3.8) is 0 Å². The zero-order valence-corrected chi connectivity index (χ0v) is 10.9. The van der Waals surface area contributed by atoms with E-state index < -0.39 is 0 Å². The van der Waals surface area contributed by atoms with Gasteiger partial charge in [-0.05, 0) is 11.5 Å². The molecule has 16 heavy (non-hydrogen) atoms. The molecule has 1 aromatic heterocycles. The van der Waals surface area contributed by atoms with Crippen LogP contribution in [0.3, 0.4) is 0 Å². The van der Waals surface area contributed by atoms with Gasteiger partial charge in [0.15, 0.2) is 0 Å². The first kappa shape index (κ1) is 13.0. The summed E-state index contributed by atoms with van der Waals surface area (Å²) in [5.41, 5.74) is 0.00958. The lowest BCUT2D eigenvalue weighted by Crippen LogP contribution is -2.35. The van der Waals surface area contributed by atoms with Crippen LogP contribution in [0.4, 0.5) is 0 Å². The largest absolute Gasteiger partial charge is 0.350 e. The lowest BCUT2D eigenvalue weighted by Gasteiger charge is -2.21. The summed E-state index contributed by atoms with van der Waals surface area (Å²) >= 11 is 3.38. The number of carbonyl (C=O) groups is 1. The molecule has 1 aromatic rings. The summed E-state index contributed by atoms with van der Waals surface area (Å²) in [7, 11) is 0. The standard InChI is InChI=1S/C11H15BrN2O2/c1-11(2,6-12)7-13-10(16)8-4-3-5-9(15)14-8/h3-5H,6-7H2,1-2H3,(H,13,16)(H,14,15). The molecule has 1 rings (SSSR count). The van der Waals surface area contributed by atoms with Crippen molar-refractivity contribution in [3.8, 4) is 0 Å². The van der Waals surface area contributed by atoms with E-state index in [1.807, 2.05) is 13.8 Å². The lowest BCUT2D eigenvalue weighted by molar-refractivity contribution is 0.0935. The molecule has 2 N–H and O–H groups in total. The highest BCUT2D eigenvalue weighted by molar-refractivity contribution is 9.09. The number of nitrogens with one attached hydrogen (secondary N) is 2. The molecular formula is C11H15BrN2O2. The fourth-order valence-corrected chi connectivity index (χ4v) is 1.24. The second-order valence-electron chi connectivity index (χ2n) is 4.41. The maximum absolute atomic E-state index is 11.7. The molecular weight excluding hydrogens is 272 g/mol. The molecule has 5 heteroatoms. The maximum atomic E-state index is 11.7. The number of alkyl halides is 1. The molecule has 0 aliphatic heterocycles. The fourth-order valence-electron chi connectivity index (χ4n) is 1.04. The van der Waals surface area contributed by atoms with Crippen molar-refractivity contribution < 1.29 is 4.79 Å². The summed E-state index contributed by atoms with van der Waals surface area (Å²) in [5.74, 6) is -0.258. The predicted molar refractivity (Wildman–Crippen MR) is 67.0 cm³/mol. The van der Waals surface area contributed by atoms with E-state index in [4.69, 9.17) is 0 Å². The highest BCUT2D eigenvalue weighted by atomic mass is 79.9. The molecule has 0 aliphatic rings. The molecule has 0 saturated carbocycles. The molecule has 1 heterocycles. The predicted octanol–water partition coefficient (Wildman–Crippen LogP) is 1.53. The molecule has 1 amide bonds. The topological polar surface area (TPSA) is 62.0 Å². The van der Waals surface area contributed by atoms with Gasteiger partial charge in [-0.1, -0.05) is 35.8 Å². The number of halogens is 1. The average molecular weight is 287 g/mol. The van der Waals surface area contributed by atoms with Crippen LogP contribution in [0.1, 0.15) is 24.3 Å². The maximum Gasteiger partial charge on any atom is 0.267 e. The van der Waals surface area contributed by atoms with Gasteiger partial charge in [0.05, 0.1) is 0 Å². The normalized spacial score (nSPS) is 11.2. The second kappa shape index (κ2) is 5.30. The van der Waals surface area contributed by atoms with Crippen LogP contribution in [0.15, 0.2) is 23.0 Å². The van der Waals surface area contributed by atoms with E-state index in [9.17, 15) is 9.59 Å². The van der Waals surface area contributed by atoms with E-state index in [0.29, 0.717) is 6.54 Å². The van der Waals surface area contributed by atoms with Crippen molar-refractivity contribution in [1.29, 1.82) is 0 Å². The smallest absolute Gasteiger partial charge is 0.267 e. The third-order valence-electron chi connectivity index (χ3n) is 2.10. The molecule has 4 nitrogen and oxygen atoms in total. The summed E-state index contributed by atoms with van der Waals surface area (Å²) in [4.78, 5) is 25.2. The van der Waals surface area contributed by atoms with Crippen LogP contribution in [0.5, 0.6) is 0 Å². The Balaban J connectivity index is 2.63. The second-order valence-corrected chi connectivity index (χ2v) is 4.97. The Morgan fingerprint density at radius 3 is 2.75 bits per heavy atom. The average Bonchev–Trinajstić information content (AvgIpc) is 2.26. The minimum atomic E-state index is -0.271. The third kappa shape index (κ3) is 3.81. The van der Waals surface area contributed by atoms with E-state index in [2.05, 4.69) is 26.2 Å². The molecule has 0 radical (unpaired) electrons. The van der Waals surface area contributed by atoms with Crippen molar-refractivity contribution in [3.05, 3.63) is 34.2 Å². The monoisotopic (exact) mass is 286 g/mol. The van der Waals surface area contributed by atoms with Crippen molar-refractivity contribution in [2.75, 3.05) is 11.9 Å². The fraction of sp³-hybridized carbons (Fsp3) is 0.455. The van der Waals surface area contributed by atoms with Crippen LogP contribution in [-0.2, 0) is 0 Å². The van der Waals surface area contributed by atoms with Crippen LogP contribution in [-0.4, -0.2) is 22.8 Å². The third-order valence-corrected chi connectivity index (χ3v) is 3.62. The number of H-pyrrole nitrogens is 1. The SMILES string of the molecule is CC(C)(CBr)CNC(=O)c1cccc(=O)[nH]1. The number of pyridine rings is 1. The van der Waals surface area contributed by atoms with Crippen LogP contribution < -0.4 is 10.9 Å². The number of rotatable bonds is 4. The summed E-state index contributed by atoms with van der Waals surface area (Å²) in [6, 6.07) is 4.51. The molecule has 0 spiro atoms. The zero-order chi connectivity index (χ0) is 12.2. The van der Waals surface area contributed by atoms with Gasteiger partial charge in [0.2, 0.25) is 5.56 Å². The van der Waals surface area contributed by atoms with Crippen molar-refractivity contribution in [1.82, 2.24) is 10.3 Å². The molecule has 0 saturated heterocycles. The number of carbonyl (C=O) groups excluding carboxylic acids is 1. The highest BCUT2D eigenvalue weighted by Crippen LogP contribution is 2.16. The first-order chi connectivity index (χ1) is 7.44. The summed E-state index contributed by atoms with van der Waals surface area (Å²) in [6.07, 6.45) is 0. The van der Waals surface area contributed by atoms with Gasteiger partial charge < -0.3 is 10.3 Å². The Morgan fingerprint density at radius 1 is 1.50 bits per heavy atom. The van der Waals surface area contributed by atoms with Crippen LogP contribution in [0.2, 0.25) is 0 Å². The van der Waals surface area contributed by atoms with Gasteiger partial charge in [0.25, 0.3) is 5.91 Å². The molecule has 0 unspecified atom stereocenters. The quantitative estimate of drug-likeness (QED) is 0.825. The van der Waals surface area contributed by atoms with E-state index in [0.717, 1.165) is 5.33 Å². The minimum Gasteiger partial charge on any atom is -0.350 e. The Bertz CT molecular complexity index is 426. The van der Waals surface area contributed by atoms with Crippen LogP contribution >= 0.6 is 15.9 Å². The van der Waals surface area contributed by atoms with Gasteiger partial charge in [0.1, 0.15) is 5.69 Å². The first-order valence-electron chi connectivity index (χ1n) is 4.98. The molecule has 88 valence electrons. The van der Waals surface area contributed by atoms with Gasteiger partial charge in [-0.15, -0.1) is 0 Å². The summed E-state index contributed by atoms with van der Waals surface area (Å²) in [6.45, 7) is 4.62. The number of amides is 1. The summed E-state index contributed by atoms with van der Waals surface area (Å²) < 4.78 is 0. The van der Waals surface area contributed by atoms with E-state index >= 15 is 0 Å². The summed E-state index contributed by atoms with van der Waals surface area (Å²) in [5, 5.41) is 3.58. The van der Waals surface area contributed by atoms with E-state index in [1.165, 1.54) is 6.07 Å². The molecule has 0 fully saturated rings. The van der Waals surface area contributed by atoms with Crippen LogP contribution in [0.25, 0.3) is 0 Å². The zero-order valence-electron chi connectivity index (χ0n) is 9.34. The Kier molecular flexibility index (Phi) is 4.29. The van der Waals surface area contributed by atoms with Gasteiger partial charge in [0, 0.05) is 17.9 Å². The van der Waals surface area contributed by atoms with Crippen molar-refractivity contribution in [2.24, 2.45) is 5.41 Å². The molecule has 0 bridgehead atoms. The van der Waals surface area contributed by atoms with Gasteiger partial charge in [-0.25, -0.2) is 0 Å². The molecule has 0 atom stereocenters. The number of hydrogen-bond donors (Lipinski definition) is 2. The van der Waals surface area contributed by atoms with Crippen LogP contribution in [0, 0.1) is 5.41 Å². The van der Waals surface area contributed by atoms with E-state index in [-0.39, 0.29) is 22.6 Å². The van der Waals surface area contributed by atoms with Gasteiger partial charge in [-0.3, -0.25) is 9.59 Å². The Labute approximate surface area is 103 Å². The molecule has 0 aromatic carbocycles. The molecule has 0 aliphatic carbocycles. The van der Waals surface area contributed by atoms with Crippen molar-refractivity contribution >= 4 is 21.8 Å². The minimum absolute atomic E-state index is 0.00919. The number of aromatic amines is 1. The first-order valence-corrected chi connectivity index (χ1v) is 6.10. The van der Waals surface area contributed by atoms with Crippen molar-refractivity contribution in [2.45, 2.75) is 13.8 Å². The number of aromatic nitrogens is 1.